The van der Waals surface area contributed by atoms with E-state index in [0.717, 1.165) is 39.2 Å². The van der Waals surface area contributed by atoms with Crippen LogP contribution in [-0.2, 0) is 13.5 Å². The lowest BCUT2D eigenvalue weighted by Gasteiger charge is -2.18. The minimum absolute atomic E-state index is 0.00852. The summed E-state index contributed by atoms with van der Waals surface area (Å²) in [6.07, 6.45) is 0.750. The van der Waals surface area contributed by atoms with E-state index in [2.05, 4.69) is 37.5 Å². The van der Waals surface area contributed by atoms with Gasteiger partial charge in [0, 0.05) is 24.9 Å². The molecule has 1 unspecified atom stereocenters. The molecule has 2 rings (SSSR count). The van der Waals surface area contributed by atoms with Crippen LogP contribution in [0.3, 0.4) is 0 Å². The van der Waals surface area contributed by atoms with E-state index in [1.54, 1.807) is 0 Å². The van der Waals surface area contributed by atoms with Crippen molar-refractivity contribution < 1.29 is 0 Å². The average Bonchev–Trinajstić information content (AvgIpc) is 2.62. The maximum absolute atomic E-state index is 5.74. The summed E-state index contributed by atoms with van der Waals surface area (Å²) in [6, 6.07) is 4.10. The molecule has 1 atom stereocenters. The molecule has 2 heterocycles. The SMILES string of the molecule is Cc1ccc(C(Cc2c(Br)c(C)nn2C)NN)c(C)n1. The van der Waals surface area contributed by atoms with Crippen LogP contribution in [0.1, 0.15) is 34.4 Å². The first kappa shape index (κ1) is 15.2. The normalized spacial score (nSPS) is 12.7. The molecule has 0 aliphatic carbocycles. The smallest absolute Gasteiger partial charge is 0.0738 e. The van der Waals surface area contributed by atoms with E-state index >= 15 is 0 Å². The van der Waals surface area contributed by atoms with Crippen LogP contribution in [0.2, 0.25) is 0 Å². The Kier molecular flexibility index (Phi) is 4.57. The second-order valence-electron chi connectivity index (χ2n) is 5.02. The molecular weight excluding hydrogens is 318 g/mol. The topological polar surface area (TPSA) is 68.8 Å². The summed E-state index contributed by atoms with van der Waals surface area (Å²) in [5.41, 5.74) is 8.12. The van der Waals surface area contributed by atoms with Gasteiger partial charge in [-0.05, 0) is 48.3 Å². The lowest BCUT2D eigenvalue weighted by atomic mass is 10.0. The van der Waals surface area contributed by atoms with Crippen molar-refractivity contribution in [2.45, 2.75) is 33.2 Å². The molecule has 0 radical (unpaired) electrons. The molecule has 108 valence electrons. The van der Waals surface area contributed by atoms with Crippen molar-refractivity contribution in [3.63, 3.8) is 0 Å². The molecular formula is C14H20BrN5. The third kappa shape index (κ3) is 2.92. The van der Waals surface area contributed by atoms with Gasteiger partial charge in [0.2, 0.25) is 0 Å². The molecule has 0 aliphatic heterocycles. The average molecular weight is 338 g/mol. The Morgan fingerprint density at radius 3 is 2.50 bits per heavy atom. The molecule has 0 spiro atoms. The second-order valence-corrected chi connectivity index (χ2v) is 5.81. The van der Waals surface area contributed by atoms with Gasteiger partial charge < -0.3 is 0 Å². The van der Waals surface area contributed by atoms with Crippen LogP contribution in [0.5, 0.6) is 0 Å². The molecule has 0 saturated heterocycles. The highest BCUT2D eigenvalue weighted by molar-refractivity contribution is 9.10. The molecule has 6 heteroatoms. The van der Waals surface area contributed by atoms with Crippen molar-refractivity contribution in [2.75, 3.05) is 0 Å². The number of pyridine rings is 1. The minimum atomic E-state index is 0.00852. The highest BCUT2D eigenvalue weighted by Gasteiger charge is 2.19. The van der Waals surface area contributed by atoms with Crippen molar-refractivity contribution >= 4 is 15.9 Å². The second kappa shape index (κ2) is 6.03. The van der Waals surface area contributed by atoms with E-state index in [4.69, 9.17) is 5.84 Å². The van der Waals surface area contributed by atoms with Gasteiger partial charge in [-0.3, -0.25) is 20.9 Å². The van der Waals surface area contributed by atoms with Crippen molar-refractivity contribution in [3.05, 3.63) is 44.9 Å². The predicted molar refractivity (Wildman–Crippen MR) is 83.1 cm³/mol. The zero-order valence-electron chi connectivity index (χ0n) is 12.2. The van der Waals surface area contributed by atoms with Crippen molar-refractivity contribution in [1.29, 1.82) is 0 Å². The van der Waals surface area contributed by atoms with E-state index in [1.165, 1.54) is 0 Å². The van der Waals surface area contributed by atoms with Crippen LogP contribution in [0.25, 0.3) is 0 Å². The first-order valence-electron chi connectivity index (χ1n) is 6.52. The maximum Gasteiger partial charge on any atom is 0.0738 e. The Balaban J connectivity index is 2.33. The summed E-state index contributed by atoms with van der Waals surface area (Å²) in [5.74, 6) is 5.74. The standard InChI is InChI=1S/C14H20BrN5/c1-8-5-6-11(9(2)17-8)12(18-16)7-13-14(15)10(3)19-20(13)4/h5-6,12,18H,7,16H2,1-4H3. The van der Waals surface area contributed by atoms with E-state index in [-0.39, 0.29) is 6.04 Å². The number of hydrazine groups is 1. The minimum Gasteiger partial charge on any atom is -0.271 e. The molecule has 0 aliphatic rings. The Labute approximate surface area is 127 Å². The number of aromatic nitrogens is 3. The Morgan fingerprint density at radius 1 is 1.30 bits per heavy atom. The molecule has 2 aromatic rings. The number of rotatable bonds is 4. The fourth-order valence-corrected chi connectivity index (χ4v) is 2.92. The van der Waals surface area contributed by atoms with E-state index < -0.39 is 0 Å². The number of nitrogens with one attached hydrogen (secondary N) is 1. The number of halogens is 1. The van der Waals surface area contributed by atoms with Crippen LogP contribution >= 0.6 is 15.9 Å². The van der Waals surface area contributed by atoms with Crippen LogP contribution < -0.4 is 11.3 Å². The van der Waals surface area contributed by atoms with Gasteiger partial charge >= 0.3 is 0 Å². The van der Waals surface area contributed by atoms with E-state index in [0.29, 0.717) is 0 Å². The molecule has 0 saturated carbocycles. The Morgan fingerprint density at radius 2 is 2.00 bits per heavy atom. The monoisotopic (exact) mass is 337 g/mol. The first-order valence-corrected chi connectivity index (χ1v) is 7.31. The lowest BCUT2D eigenvalue weighted by molar-refractivity contribution is 0.524. The summed E-state index contributed by atoms with van der Waals surface area (Å²) in [7, 11) is 1.95. The van der Waals surface area contributed by atoms with Gasteiger partial charge in [0.1, 0.15) is 0 Å². The number of hydrogen-bond donors (Lipinski definition) is 2. The maximum atomic E-state index is 5.74. The third-order valence-electron chi connectivity index (χ3n) is 3.50. The van der Waals surface area contributed by atoms with Crippen LogP contribution in [0.4, 0.5) is 0 Å². The number of hydrogen-bond acceptors (Lipinski definition) is 4. The largest absolute Gasteiger partial charge is 0.271 e. The Hall–Kier alpha value is -1.24. The van der Waals surface area contributed by atoms with Gasteiger partial charge in [0.25, 0.3) is 0 Å². The lowest BCUT2D eigenvalue weighted by Crippen LogP contribution is -2.31. The summed E-state index contributed by atoms with van der Waals surface area (Å²) < 4.78 is 2.93. The summed E-state index contributed by atoms with van der Waals surface area (Å²) in [5, 5.41) is 4.41. The van der Waals surface area contributed by atoms with Crippen LogP contribution in [0, 0.1) is 20.8 Å². The summed E-state index contributed by atoms with van der Waals surface area (Å²) in [4.78, 5) is 4.50. The van der Waals surface area contributed by atoms with Gasteiger partial charge in [-0.2, -0.15) is 5.10 Å². The van der Waals surface area contributed by atoms with Crippen molar-refractivity contribution in [3.8, 4) is 0 Å². The predicted octanol–water partition coefficient (Wildman–Crippen LogP) is 2.25. The molecule has 0 bridgehead atoms. The zero-order chi connectivity index (χ0) is 14.9. The number of nitrogens with two attached hydrogens (primary N) is 1. The highest BCUT2D eigenvalue weighted by Crippen LogP contribution is 2.26. The van der Waals surface area contributed by atoms with Crippen LogP contribution in [0.15, 0.2) is 16.6 Å². The van der Waals surface area contributed by atoms with E-state index in [1.807, 2.05) is 38.6 Å². The molecule has 3 N–H and O–H groups in total. The molecule has 2 aromatic heterocycles. The molecule has 5 nitrogen and oxygen atoms in total. The molecule has 0 fully saturated rings. The summed E-state index contributed by atoms with van der Waals surface area (Å²) >= 11 is 3.59. The molecule has 0 amide bonds. The Bertz CT molecular complexity index is 620. The van der Waals surface area contributed by atoms with Crippen molar-refractivity contribution in [2.24, 2.45) is 12.9 Å². The van der Waals surface area contributed by atoms with Gasteiger partial charge in [0.05, 0.1) is 21.9 Å². The number of aryl methyl sites for hydroxylation is 4. The quantitative estimate of drug-likeness (QED) is 0.663. The fraction of sp³-hybridized carbons (Fsp3) is 0.429. The van der Waals surface area contributed by atoms with Crippen LogP contribution in [-0.4, -0.2) is 14.8 Å². The van der Waals surface area contributed by atoms with Crippen molar-refractivity contribution in [1.82, 2.24) is 20.2 Å². The molecule has 20 heavy (non-hydrogen) atoms. The number of nitrogens with zero attached hydrogens (tertiary/aromatic N) is 3. The first-order chi connectivity index (χ1) is 9.43. The zero-order valence-corrected chi connectivity index (χ0v) is 13.8. The fourth-order valence-electron chi connectivity index (χ4n) is 2.42. The van der Waals surface area contributed by atoms with Gasteiger partial charge in [-0.25, -0.2) is 0 Å². The highest BCUT2D eigenvalue weighted by atomic mass is 79.9. The summed E-state index contributed by atoms with van der Waals surface area (Å²) in [6.45, 7) is 5.98. The third-order valence-corrected chi connectivity index (χ3v) is 4.53. The van der Waals surface area contributed by atoms with Gasteiger partial charge in [0.15, 0.2) is 0 Å². The van der Waals surface area contributed by atoms with Gasteiger partial charge in [-0.15, -0.1) is 0 Å². The molecule has 0 aromatic carbocycles. The van der Waals surface area contributed by atoms with E-state index in [9.17, 15) is 0 Å². The van der Waals surface area contributed by atoms with Gasteiger partial charge in [-0.1, -0.05) is 6.07 Å².